The standard InChI is InChI=1S/C81H150O17P2/c1-5-9-13-17-21-25-29-33-35-37-39-43-46-50-54-58-62-66-79(84)92-72-77(98-81(86)68-64-60-56-52-48-44-40-38-36-34-30-26-22-18-14-10-6-2)74-96-100(89,90)94-70-75(82)69-93-99(87,88)95-73-76(97-80(85)67-63-59-55-51-47-42-32-28-24-20-16-12-8-4)71-91-78(83)65-61-57-53-49-45-41-31-27-23-19-15-11-7-3/h21,25,33,35,39,43,50,54,75-77,82H,5-20,22-24,26-32,34,36-38,40-42,44-49,51-53,55-74H2,1-4H3,(H,87,88)(H,89,90)/b25-21-,35-33-,43-39-,54-50-/t75-,76+,77+/m0/s1. The van der Waals surface area contributed by atoms with Gasteiger partial charge in [0.2, 0.25) is 0 Å². The summed E-state index contributed by atoms with van der Waals surface area (Å²) in [7, 11) is -9.94. The monoisotopic (exact) mass is 1460 g/mol. The van der Waals surface area contributed by atoms with Gasteiger partial charge < -0.3 is 33.8 Å². The maximum Gasteiger partial charge on any atom is 0.472 e. The fourth-order valence-electron chi connectivity index (χ4n) is 11.6. The van der Waals surface area contributed by atoms with Crippen molar-refractivity contribution in [3.63, 3.8) is 0 Å². The van der Waals surface area contributed by atoms with Crippen LogP contribution in [-0.4, -0.2) is 96.7 Å². The van der Waals surface area contributed by atoms with E-state index in [0.29, 0.717) is 32.1 Å². The predicted octanol–water partition coefficient (Wildman–Crippen LogP) is 23.7. The van der Waals surface area contributed by atoms with Crippen molar-refractivity contribution in [2.24, 2.45) is 0 Å². The van der Waals surface area contributed by atoms with Gasteiger partial charge in [0.05, 0.1) is 26.4 Å². The Labute approximate surface area is 610 Å². The minimum absolute atomic E-state index is 0.0917. The van der Waals surface area contributed by atoms with E-state index in [1.165, 1.54) is 205 Å². The summed E-state index contributed by atoms with van der Waals surface area (Å²) < 4.78 is 68.6. The third-order valence-electron chi connectivity index (χ3n) is 17.8. The molecule has 0 amide bonds. The number of rotatable bonds is 78. The van der Waals surface area contributed by atoms with Crippen LogP contribution in [0.5, 0.6) is 0 Å². The maximum atomic E-state index is 13.1. The number of aliphatic hydroxyl groups is 1. The highest BCUT2D eigenvalue weighted by Crippen LogP contribution is 2.45. The normalized spacial score (nSPS) is 14.1. The summed E-state index contributed by atoms with van der Waals surface area (Å²) in [5.74, 6) is -2.19. The van der Waals surface area contributed by atoms with Gasteiger partial charge in [-0.15, -0.1) is 0 Å². The van der Waals surface area contributed by atoms with Crippen LogP contribution >= 0.6 is 15.6 Å². The summed E-state index contributed by atoms with van der Waals surface area (Å²) in [5.41, 5.74) is 0. The predicted molar refractivity (Wildman–Crippen MR) is 409 cm³/mol. The molecule has 0 radical (unpaired) electrons. The van der Waals surface area contributed by atoms with Crippen molar-refractivity contribution >= 4 is 39.5 Å². The Morgan fingerprint density at radius 1 is 0.280 bits per heavy atom. The van der Waals surface area contributed by atoms with Crippen LogP contribution in [0.2, 0.25) is 0 Å². The van der Waals surface area contributed by atoms with Gasteiger partial charge >= 0.3 is 39.5 Å². The third kappa shape index (κ3) is 73.3. The van der Waals surface area contributed by atoms with E-state index < -0.39 is 97.5 Å². The quantitative estimate of drug-likeness (QED) is 0.0169. The average molecular weight is 1460 g/mol. The van der Waals surface area contributed by atoms with E-state index >= 15 is 0 Å². The van der Waals surface area contributed by atoms with Gasteiger partial charge in [0.1, 0.15) is 19.3 Å². The van der Waals surface area contributed by atoms with E-state index in [9.17, 15) is 43.2 Å². The topological polar surface area (TPSA) is 237 Å². The molecule has 3 N–H and O–H groups in total. The Morgan fingerprint density at radius 2 is 0.500 bits per heavy atom. The molecule has 0 aromatic rings. The lowest BCUT2D eigenvalue weighted by atomic mass is 10.0. The fraction of sp³-hybridized carbons (Fsp3) is 0.852. The summed E-state index contributed by atoms with van der Waals surface area (Å²) in [6.45, 7) is 4.89. The molecule has 0 saturated carbocycles. The second-order valence-corrected chi connectivity index (χ2v) is 30.6. The first-order chi connectivity index (χ1) is 48.7. The molecule has 0 fully saturated rings. The number of ether oxygens (including phenoxy) is 4. The third-order valence-corrected chi connectivity index (χ3v) is 19.7. The Balaban J connectivity index is 5.34. The Hall–Kier alpha value is -2.98. The molecule has 17 nitrogen and oxygen atoms in total. The number of hydrogen-bond donors (Lipinski definition) is 3. The van der Waals surface area contributed by atoms with Crippen molar-refractivity contribution in [2.75, 3.05) is 39.6 Å². The van der Waals surface area contributed by atoms with Crippen molar-refractivity contribution in [3.8, 4) is 0 Å². The molecule has 5 atom stereocenters. The molecule has 0 aliphatic rings. The molecule has 586 valence electrons. The van der Waals surface area contributed by atoms with Crippen LogP contribution in [0.3, 0.4) is 0 Å². The van der Waals surface area contributed by atoms with Crippen LogP contribution in [0.15, 0.2) is 48.6 Å². The van der Waals surface area contributed by atoms with E-state index in [1.807, 2.05) is 12.2 Å². The zero-order chi connectivity index (χ0) is 73.2. The zero-order valence-corrected chi connectivity index (χ0v) is 65.9. The van der Waals surface area contributed by atoms with Crippen LogP contribution in [-0.2, 0) is 65.4 Å². The molecule has 0 spiro atoms. The number of hydrogen-bond acceptors (Lipinski definition) is 15. The fourth-order valence-corrected chi connectivity index (χ4v) is 13.1. The lowest BCUT2D eigenvalue weighted by Gasteiger charge is -2.21. The SMILES string of the molecule is CCCCC/C=C\C/C=C\C/C=C\C/C=C\CCCC(=O)OC[C@H](COP(=O)(O)OC[C@@H](O)COP(=O)(O)OC[C@@H](COC(=O)CCCCCCCCCCCCCCC)OC(=O)CCCCCCCCCCCCCCC)OC(=O)CCCCCCCCCCCCCCCCCCC. The molecule has 2 unspecified atom stereocenters. The molecular formula is C81H150O17P2. The summed E-state index contributed by atoms with van der Waals surface area (Å²) >= 11 is 0. The van der Waals surface area contributed by atoms with E-state index in [-0.39, 0.29) is 25.7 Å². The lowest BCUT2D eigenvalue weighted by Crippen LogP contribution is -2.30. The number of unbranched alkanes of at least 4 members (excludes halogenated alkanes) is 44. The Morgan fingerprint density at radius 3 is 0.790 bits per heavy atom. The Kier molecular flexibility index (Phi) is 72.1. The van der Waals surface area contributed by atoms with Crippen LogP contribution in [0.1, 0.15) is 387 Å². The summed E-state index contributed by atoms with van der Waals surface area (Å²) in [6.07, 6.45) is 72.3. The van der Waals surface area contributed by atoms with Crippen LogP contribution in [0.25, 0.3) is 0 Å². The van der Waals surface area contributed by atoms with Gasteiger partial charge in [0.25, 0.3) is 0 Å². The van der Waals surface area contributed by atoms with E-state index in [4.69, 9.17) is 37.0 Å². The van der Waals surface area contributed by atoms with Crippen LogP contribution < -0.4 is 0 Å². The number of aliphatic hydroxyl groups excluding tert-OH is 1. The molecule has 0 aliphatic carbocycles. The molecule has 0 heterocycles. The number of esters is 4. The van der Waals surface area contributed by atoms with E-state index in [2.05, 4.69) is 64.2 Å². The highest BCUT2D eigenvalue weighted by Gasteiger charge is 2.30. The molecule has 0 aromatic carbocycles. The molecule has 0 aliphatic heterocycles. The molecule has 0 rings (SSSR count). The minimum atomic E-state index is -4.98. The highest BCUT2D eigenvalue weighted by molar-refractivity contribution is 7.47. The Bertz CT molecular complexity index is 2080. The summed E-state index contributed by atoms with van der Waals surface area (Å²) in [6, 6.07) is 0. The highest BCUT2D eigenvalue weighted by atomic mass is 31.2. The lowest BCUT2D eigenvalue weighted by molar-refractivity contribution is -0.161. The summed E-state index contributed by atoms with van der Waals surface area (Å²) in [5, 5.41) is 10.6. The van der Waals surface area contributed by atoms with Gasteiger partial charge in [-0.2, -0.15) is 0 Å². The van der Waals surface area contributed by atoms with Gasteiger partial charge in [0, 0.05) is 25.7 Å². The average Bonchev–Trinajstić information content (AvgIpc) is 1.15. The zero-order valence-electron chi connectivity index (χ0n) is 64.1. The van der Waals surface area contributed by atoms with Crippen molar-refractivity contribution in [1.29, 1.82) is 0 Å². The van der Waals surface area contributed by atoms with Gasteiger partial charge in [-0.25, -0.2) is 9.13 Å². The number of carbonyl (C=O) groups excluding carboxylic acids is 4. The number of allylic oxidation sites excluding steroid dienone is 8. The molecule has 0 aromatic heterocycles. The summed E-state index contributed by atoms with van der Waals surface area (Å²) in [4.78, 5) is 73.0. The smallest absolute Gasteiger partial charge is 0.462 e. The minimum Gasteiger partial charge on any atom is -0.462 e. The van der Waals surface area contributed by atoms with Gasteiger partial charge in [-0.1, -0.05) is 346 Å². The van der Waals surface area contributed by atoms with Crippen LogP contribution in [0, 0.1) is 0 Å². The van der Waals surface area contributed by atoms with Crippen molar-refractivity contribution in [1.82, 2.24) is 0 Å². The molecular weight excluding hydrogens is 1310 g/mol. The van der Waals surface area contributed by atoms with E-state index in [1.54, 1.807) is 0 Å². The maximum absolute atomic E-state index is 13.1. The molecule has 0 bridgehead atoms. The van der Waals surface area contributed by atoms with Crippen molar-refractivity contribution in [2.45, 2.75) is 406 Å². The largest absolute Gasteiger partial charge is 0.472 e. The van der Waals surface area contributed by atoms with Gasteiger partial charge in [-0.3, -0.25) is 37.3 Å². The van der Waals surface area contributed by atoms with E-state index in [0.717, 1.165) is 96.3 Å². The number of phosphoric ester groups is 2. The second-order valence-electron chi connectivity index (χ2n) is 27.7. The molecule has 19 heteroatoms. The van der Waals surface area contributed by atoms with Gasteiger partial charge in [-0.05, 0) is 64.2 Å². The molecule has 100 heavy (non-hydrogen) atoms. The van der Waals surface area contributed by atoms with Crippen LogP contribution in [0.4, 0.5) is 0 Å². The molecule has 0 saturated heterocycles. The first kappa shape index (κ1) is 97.0. The first-order valence-electron chi connectivity index (χ1n) is 40.9. The second kappa shape index (κ2) is 74.3. The van der Waals surface area contributed by atoms with Crippen molar-refractivity contribution < 1.29 is 80.2 Å². The van der Waals surface area contributed by atoms with Gasteiger partial charge in [0.15, 0.2) is 12.2 Å². The number of phosphoric acid groups is 2. The van der Waals surface area contributed by atoms with Crippen molar-refractivity contribution in [3.05, 3.63) is 48.6 Å². The number of carbonyl (C=O) groups is 4. The first-order valence-corrected chi connectivity index (χ1v) is 43.9.